The third-order valence-electron chi connectivity index (χ3n) is 5.48. The first-order chi connectivity index (χ1) is 12.0. The molecule has 0 aromatic carbocycles. The van der Waals surface area contributed by atoms with Crippen molar-refractivity contribution in [3.8, 4) is 0 Å². The fourth-order valence-electron chi connectivity index (χ4n) is 3.74. The number of ether oxygens (including phenoxy) is 1. The highest BCUT2D eigenvalue weighted by Crippen LogP contribution is 2.33. The Kier molecular flexibility index (Phi) is 7.00. The van der Waals surface area contributed by atoms with Gasteiger partial charge in [0.15, 0.2) is 5.69 Å². The minimum Gasteiger partial charge on any atom is -0.467 e. The summed E-state index contributed by atoms with van der Waals surface area (Å²) in [5.41, 5.74) is -0.697. The van der Waals surface area contributed by atoms with Gasteiger partial charge in [-0.15, -0.1) is 17.5 Å². The van der Waals surface area contributed by atoms with Gasteiger partial charge in [-0.2, -0.15) is 0 Å². The van der Waals surface area contributed by atoms with E-state index in [0.29, 0.717) is 18.8 Å². The van der Waals surface area contributed by atoms with Crippen LogP contribution in [0.4, 0.5) is 0 Å². The first-order valence-electron chi connectivity index (χ1n) is 9.07. The van der Waals surface area contributed by atoms with E-state index in [1.165, 1.54) is 7.11 Å². The number of nitrogens with one attached hydrogen (secondary N) is 2. The van der Waals surface area contributed by atoms with Crippen molar-refractivity contribution < 1.29 is 14.3 Å². The highest BCUT2D eigenvalue weighted by Gasteiger charge is 2.44. The van der Waals surface area contributed by atoms with Crippen LogP contribution in [0.5, 0.6) is 0 Å². The Morgan fingerprint density at radius 2 is 1.92 bits per heavy atom. The van der Waals surface area contributed by atoms with E-state index in [-0.39, 0.29) is 36.0 Å². The Morgan fingerprint density at radius 1 is 1.27 bits per heavy atom. The number of methoxy groups -OCH3 is 1. The lowest BCUT2D eigenvalue weighted by Crippen LogP contribution is -2.56. The van der Waals surface area contributed by atoms with Gasteiger partial charge in [0.1, 0.15) is 5.54 Å². The van der Waals surface area contributed by atoms with Gasteiger partial charge in [-0.1, -0.05) is 12.1 Å². The molecule has 0 bridgehead atoms. The van der Waals surface area contributed by atoms with Crippen molar-refractivity contribution in [3.63, 3.8) is 0 Å². The summed E-state index contributed by atoms with van der Waals surface area (Å²) in [4.78, 5) is 25.0. The second-order valence-electron chi connectivity index (χ2n) is 7.28. The van der Waals surface area contributed by atoms with Crippen molar-refractivity contribution >= 4 is 24.3 Å². The molecule has 1 amide bonds. The van der Waals surface area contributed by atoms with Crippen molar-refractivity contribution in [2.75, 3.05) is 20.2 Å². The Labute approximate surface area is 159 Å². The molecule has 1 saturated carbocycles. The monoisotopic (exact) mass is 385 g/mol. The largest absolute Gasteiger partial charge is 0.467 e. The molecule has 1 aliphatic carbocycles. The number of piperidine rings is 1. The maximum Gasteiger partial charge on any atom is 0.331 e. The number of rotatable bonds is 4. The summed E-state index contributed by atoms with van der Waals surface area (Å²) < 4.78 is 6.73. The van der Waals surface area contributed by atoms with Crippen molar-refractivity contribution in [1.29, 1.82) is 0 Å². The van der Waals surface area contributed by atoms with Gasteiger partial charge in [0.05, 0.1) is 19.3 Å². The van der Waals surface area contributed by atoms with Crippen LogP contribution in [0.25, 0.3) is 0 Å². The van der Waals surface area contributed by atoms with Gasteiger partial charge >= 0.3 is 5.97 Å². The molecule has 0 atom stereocenters. The normalized spacial score (nSPS) is 26.6. The quantitative estimate of drug-likeness (QED) is 0.762. The molecule has 3 rings (SSSR count). The van der Waals surface area contributed by atoms with Crippen LogP contribution >= 0.6 is 12.4 Å². The molecule has 1 aromatic rings. The van der Waals surface area contributed by atoms with Crippen LogP contribution in [-0.4, -0.2) is 52.6 Å². The van der Waals surface area contributed by atoms with E-state index >= 15 is 0 Å². The molecule has 0 radical (unpaired) electrons. The SMILES string of the molecule is COC(=O)C1(NC(=O)c2cn(C3CCNCC3)nn2)CCC(C)CC1.Cl. The van der Waals surface area contributed by atoms with Crippen molar-refractivity contribution in [1.82, 2.24) is 25.6 Å². The minimum absolute atomic E-state index is 0. The van der Waals surface area contributed by atoms with Crippen LogP contribution in [0.2, 0.25) is 0 Å². The Bertz CT molecular complexity index is 622. The van der Waals surface area contributed by atoms with Gasteiger partial charge in [-0.3, -0.25) is 4.79 Å². The van der Waals surface area contributed by atoms with Gasteiger partial charge in [0, 0.05) is 0 Å². The van der Waals surface area contributed by atoms with Crippen LogP contribution in [0.3, 0.4) is 0 Å². The van der Waals surface area contributed by atoms with E-state index in [1.807, 2.05) is 0 Å². The lowest BCUT2D eigenvalue weighted by Gasteiger charge is -2.37. The van der Waals surface area contributed by atoms with Gasteiger partial charge in [-0.25, -0.2) is 9.48 Å². The standard InChI is InChI=1S/C17H27N5O3.ClH/c1-12-3-7-17(8-4-12,16(24)25-2)19-15(23)14-11-22(21-20-14)13-5-9-18-10-6-13;/h11-13,18H,3-10H2,1-2H3,(H,19,23);1H. The molecule has 8 nitrogen and oxygen atoms in total. The highest BCUT2D eigenvalue weighted by molar-refractivity contribution is 5.96. The second-order valence-corrected chi connectivity index (χ2v) is 7.28. The van der Waals surface area contributed by atoms with E-state index in [2.05, 4.69) is 27.9 Å². The molecule has 1 aliphatic heterocycles. The first-order valence-corrected chi connectivity index (χ1v) is 9.07. The lowest BCUT2D eigenvalue weighted by molar-refractivity contribution is -0.150. The molecule has 1 aromatic heterocycles. The molecule has 146 valence electrons. The second kappa shape index (κ2) is 8.81. The maximum absolute atomic E-state index is 12.7. The fraction of sp³-hybridized carbons (Fsp3) is 0.765. The van der Waals surface area contributed by atoms with E-state index in [0.717, 1.165) is 38.8 Å². The number of nitrogens with zero attached hydrogens (tertiary/aromatic N) is 3. The van der Waals surface area contributed by atoms with Crippen LogP contribution in [0.15, 0.2) is 6.20 Å². The van der Waals surface area contributed by atoms with Gasteiger partial charge in [0.25, 0.3) is 5.91 Å². The van der Waals surface area contributed by atoms with Crippen LogP contribution in [0, 0.1) is 5.92 Å². The molecule has 0 spiro atoms. The molecular weight excluding hydrogens is 358 g/mol. The van der Waals surface area contributed by atoms with Crippen LogP contribution in [-0.2, 0) is 9.53 Å². The average Bonchev–Trinajstić information content (AvgIpc) is 3.14. The number of hydrogen-bond acceptors (Lipinski definition) is 6. The number of carbonyl (C=O) groups is 2. The number of halogens is 1. The van der Waals surface area contributed by atoms with E-state index in [1.54, 1.807) is 10.9 Å². The molecule has 2 N–H and O–H groups in total. The topological polar surface area (TPSA) is 98.1 Å². The van der Waals surface area contributed by atoms with Crippen LogP contribution in [0.1, 0.15) is 62.0 Å². The molecule has 2 aliphatic rings. The fourth-order valence-corrected chi connectivity index (χ4v) is 3.74. The summed E-state index contributed by atoms with van der Waals surface area (Å²) in [5.74, 6) is -0.186. The van der Waals surface area contributed by atoms with Crippen molar-refractivity contribution in [3.05, 3.63) is 11.9 Å². The predicted octanol–water partition coefficient (Wildman–Crippen LogP) is 1.48. The van der Waals surface area contributed by atoms with Gasteiger partial charge in [-0.05, 0) is 57.5 Å². The number of esters is 1. The molecule has 2 heterocycles. The maximum atomic E-state index is 12.7. The summed E-state index contributed by atoms with van der Waals surface area (Å²) in [5, 5.41) is 14.3. The third kappa shape index (κ3) is 4.35. The molecule has 1 saturated heterocycles. The molecule has 2 fully saturated rings. The zero-order valence-electron chi connectivity index (χ0n) is 15.4. The number of aromatic nitrogens is 3. The zero-order valence-corrected chi connectivity index (χ0v) is 16.2. The highest BCUT2D eigenvalue weighted by atomic mass is 35.5. The lowest BCUT2D eigenvalue weighted by atomic mass is 9.77. The number of amides is 1. The van der Waals surface area contributed by atoms with Crippen molar-refractivity contribution in [2.24, 2.45) is 5.92 Å². The van der Waals surface area contributed by atoms with Crippen molar-refractivity contribution in [2.45, 2.75) is 57.0 Å². The Morgan fingerprint density at radius 3 is 2.54 bits per heavy atom. The summed E-state index contributed by atoms with van der Waals surface area (Å²) >= 11 is 0. The first kappa shape index (κ1) is 20.6. The average molecular weight is 386 g/mol. The molecule has 0 unspecified atom stereocenters. The molecule has 26 heavy (non-hydrogen) atoms. The van der Waals surface area contributed by atoms with Gasteiger partial charge < -0.3 is 15.4 Å². The zero-order chi connectivity index (χ0) is 17.9. The predicted molar refractivity (Wildman–Crippen MR) is 98.3 cm³/mol. The summed E-state index contributed by atoms with van der Waals surface area (Å²) in [6.45, 7) is 4.04. The number of carbonyl (C=O) groups excluding carboxylic acids is 2. The van der Waals surface area contributed by atoms with E-state index in [4.69, 9.17) is 4.74 Å². The summed E-state index contributed by atoms with van der Waals surface area (Å²) in [6, 6.07) is 0.264. The Hall–Kier alpha value is -1.67. The molecule has 9 heteroatoms. The van der Waals surface area contributed by atoms with Gasteiger partial charge in [0.2, 0.25) is 0 Å². The number of hydrogen-bond donors (Lipinski definition) is 2. The minimum atomic E-state index is -0.948. The van der Waals surface area contributed by atoms with E-state index < -0.39 is 5.54 Å². The Balaban J connectivity index is 0.00000243. The van der Waals surface area contributed by atoms with Crippen LogP contribution < -0.4 is 10.6 Å². The summed E-state index contributed by atoms with van der Waals surface area (Å²) in [7, 11) is 1.36. The summed E-state index contributed by atoms with van der Waals surface area (Å²) in [6.07, 6.45) is 6.57. The van der Waals surface area contributed by atoms with E-state index in [9.17, 15) is 9.59 Å². The third-order valence-corrected chi connectivity index (χ3v) is 5.48. The molecular formula is C17H28ClN5O3. The smallest absolute Gasteiger partial charge is 0.331 e.